The first-order valence-electron chi connectivity index (χ1n) is 9.62. The molecule has 3 aromatic rings. The minimum Gasteiger partial charge on any atom is -0.454 e. The summed E-state index contributed by atoms with van der Waals surface area (Å²) < 4.78 is 5.40. The first kappa shape index (κ1) is 18.9. The van der Waals surface area contributed by atoms with Gasteiger partial charge in [-0.3, -0.25) is 14.4 Å². The number of benzene rings is 3. The van der Waals surface area contributed by atoms with Crippen molar-refractivity contribution in [3.8, 4) is 0 Å². The molecule has 146 valence electrons. The highest BCUT2D eigenvalue weighted by molar-refractivity contribution is 6.07. The van der Waals surface area contributed by atoms with Crippen LogP contribution in [-0.4, -0.2) is 30.3 Å². The maximum atomic E-state index is 12.6. The van der Waals surface area contributed by atoms with Crippen LogP contribution in [0.2, 0.25) is 0 Å². The molecule has 0 unspecified atom stereocenters. The van der Waals surface area contributed by atoms with Crippen LogP contribution >= 0.6 is 0 Å². The summed E-state index contributed by atoms with van der Waals surface area (Å²) in [6.07, 6.45) is -0.819. The highest BCUT2D eigenvalue weighted by Crippen LogP contribution is 2.32. The summed E-state index contributed by atoms with van der Waals surface area (Å²) in [7, 11) is 0. The Morgan fingerprint density at radius 3 is 2.45 bits per heavy atom. The van der Waals surface area contributed by atoms with Crippen molar-refractivity contribution in [1.82, 2.24) is 0 Å². The maximum absolute atomic E-state index is 12.6. The number of anilines is 1. The van der Waals surface area contributed by atoms with E-state index in [1.54, 1.807) is 36.1 Å². The average Bonchev–Trinajstić information content (AvgIpc) is 3.15. The molecule has 1 heterocycles. The number of hydrogen-bond donors (Lipinski definition) is 0. The lowest BCUT2D eigenvalue weighted by Gasteiger charge is -2.19. The van der Waals surface area contributed by atoms with Crippen molar-refractivity contribution < 1.29 is 19.1 Å². The minimum atomic E-state index is -0.897. The van der Waals surface area contributed by atoms with Gasteiger partial charge in [0.1, 0.15) is 0 Å². The van der Waals surface area contributed by atoms with E-state index in [1.165, 1.54) is 0 Å². The van der Waals surface area contributed by atoms with E-state index in [-0.39, 0.29) is 24.7 Å². The SMILES string of the molecule is C[C@H](OC(=O)[C@H]1CC(=O)N(c2cccc3ccccc23)C1)C(=O)c1ccccc1. The molecule has 0 N–H and O–H groups in total. The van der Waals surface area contributed by atoms with Crippen LogP contribution in [0.4, 0.5) is 5.69 Å². The van der Waals surface area contributed by atoms with E-state index in [9.17, 15) is 14.4 Å². The highest BCUT2D eigenvalue weighted by Gasteiger charge is 2.37. The molecule has 1 fully saturated rings. The third-order valence-electron chi connectivity index (χ3n) is 5.24. The molecule has 2 atom stereocenters. The molecule has 1 aliphatic rings. The van der Waals surface area contributed by atoms with Gasteiger partial charge in [0.2, 0.25) is 11.7 Å². The zero-order valence-electron chi connectivity index (χ0n) is 16.1. The zero-order valence-corrected chi connectivity index (χ0v) is 16.1. The predicted molar refractivity (Wildman–Crippen MR) is 111 cm³/mol. The largest absolute Gasteiger partial charge is 0.454 e. The van der Waals surface area contributed by atoms with Gasteiger partial charge in [0.15, 0.2) is 6.10 Å². The lowest BCUT2D eigenvalue weighted by atomic mass is 10.1. The smallest absolute Gasteiger partial charge is 0.312 e. The Hall–Kier alpha value is -3.47. The number of ether oxygens (including phenoxy) is 1. The Morgan fingerprint density at radius 1 is 0.966 bits per heavy atom. The van der Waals surface area contributed by atoms with Crippen LogP contribution in [0.1, 0.15) is 23.7 Å². The number of hydrogen-bond acceptors (Lipinski definition) is 4. The van der Waals surface area contributed by atoms with Crippen molar-refractivity contribution in [3.63, 3.8) is 0 Å². The van der Waals surface area contributed by atoms with Crippen LogP contribution in [0.3, 0.4) is 0 Å². The number of Topliss-reactive ketones (excluding diaryl/α,β-unsaturated/α-hetero) is 1. The maximum Gasteiger partial charge on any atom is 0.312 e. The van der Waals surface area contributed by atoms with Crippen molar-refractivity contribution in [1.29, 1.82) is 0 Å². The normalized spacial score (nSPS) is 17.3. The van der Waals surface area contributed by atoms with Gasteiger partial charge in [-0.05, 0) is 18.4 Å². The molecular formula is C24H21NO4. The molecule has 5 heteroatoms. The summed E-state index contributed by atoms with van der Waals surface area (Å²) in [5, 5.41) is 2.00. The van der Waals surface area contributed by atoms with Gasteiger partial charge in [-0.2, -0.15) is 0 Å². The Bertz CT molecular complexity index is 1070. The summed E-state index contributed by atoms with van der Waals surface area (Å²) in [4.78, 5) is 39.3. The van der Waals surface area contributed by atoms with E-state index in [0.29, 0.717) is 5.56 Å². The van der Waals surface area contributed by atoms with E-state index in [1.807, 2.05) is 48.5 Å². The number of amides is 1. The number of esters is 1. The Kier molecular flexibility index (Phi) is 5.12. The molecule has 3 aromatic carbocycles. The van der Waals surface area contributed by atoms with Gasteiger partial charge in [-0.15, -0.1) is 0 Å². The molecule has 0 aliphatic carbocycles. The van der Waals surface area contributed by atoms with Crippen LogP contribution in [0.25, 0.3) is 10.8 Å². The van der Waals surface area contributed by atoms with Gasteiger partial charge in [0, 0.05) is 23.9 Å². The molecule has 1 aliphatic heterocycles. The number of fused-ring (bicyclic) bond motifs is 1. The van der Waals surface area contributed by atoms with Gasteiger partial charge < -0.3 is 9.64 Å². The fourth-order valence-electron chi connectivity index (χ4n) is 3.70. The molecule has 0 spiro atoms. The molecule has 0 bridgehead atoms. The van der Waals surface area contributed by atoms with Crippen LogP contribution in [-0.2, 0) is 14.3 Å². The second-order valence-electron chi connectivity index (χ2n) is 7.21. The predicted octanol–water partition coefficient (Wildman–Crippen LogP) is 4.01. The monoisotopic (exact) mass is 387 g/mol. The number of carbonyl (C=O) groups is 3. The van der Waals surface area contributed by atoms with Gasteiger partial charge in [0.05, 0.1) is 11.6 Å². The molecule has 0 aromatic heterocycles. The molecule has 0 saturated carbocycles. The number of ketones is 1. The summed E-state index contributed by atoms with van der Waals surface area (Å²) in [6.45, 7) is 1.81. The lowest BCUT2D eigenvalue weighted by molar-refractivity contribution is -0.151. The van der Waals surface area contributed by atoms with Crippen molar-refractivity contribution in [2.24, 2.45) is 5.92 Å². The van der Waals surface area contributed by atoms with Crippen LogP contribution in [0, 0.1) is 5.92 Å². The molecule has 4 rings (SSSR count). The van der Waals surface area contributed by atoms with E-state index in [4.69, 9.17) is 4.74 Å². The minimum absolute atomic E-state index is 0.0777. The number of carbonyl (C=O) groups excluding carboxylic acids is 3. The van der Waals surface area contributed by atoms with Gasteiger partial charge >= 0.3 is 5.97 Å². The summed E-state index contributed by atoms with van der Waals surface area (Å²) >= 11 is 0. The lowest BCUT2D eigenvalue weighted by Crippen LogP contribution is -2.30. The molecule has 1 saturated heterocycles. The first-order valence-corrected chi connectivity index (χ1v) is 9.62. The molecular weight excluding hydrogens is 366 g/mol. The zero-order chi connectivity index (χ0) is 20.4. The van der Waals surface area contributed by atoms with E-state index < -0.39 is 18.0 Å². The average molecular weight is 387 g/mol. The summed E-state index contributed by atoms with van der Waals surface area (Å²) in [5.74, 6) is -1.48. The molecule has 1 amide bonds. The highest BCUT2D eigenvalue weighted by atomic mass is 16.5. The topological polar surface area (TPSA) is 63.7 Å². The molecule has 29 heavy (non-hydrogen) atoms. The van der Waals surface area contributed by atoms with Crippen molar-refractivity contribution in [2.45, 2.75) is 19.4 Å². The van der Waals surface area contributed by atoms with E-state index >= 15 is 0 Å². The van der Waals surface area contributed by atoms with E-state index in [0.717, 1.165) is 16.5 Å². The van der Waals surface area contributed by atoms with Gasteiger partial charge in [0.25, 0.3) is 0 Å². The van der Waals surface area contributed by atoms with Crippen LogP contribution in [0.5, 0.6) is 0 Å². The number of nitrogens with zero attached hydrogens (tertiary/aromatic N) is 1. The third-order valence-corrected chi connectivity index (χ3v) is 5.24. The second-order valence-corrected chi connectivity index (χ2v) is 7.21. The Labute approximate surface area is 168 Å². The van der Waals surface area contributed by atoms with Crippen molar-refractivity contribution >= 4 is 34.1 Å². The summed E-state index contributed by atoms with van der Waals surface area (Å²) in [5.41, 5.74) is 1.28. The first-order chi connectivity index (χ1) is 14.0. The van der Waals surface area contributed by atoms with Crippen LogP contribution < -0.4 is 4.90 Å². The van der Waals surface area contributed by atoms with E-state index in [2.05, 4.69) is 0 Å². The second kappa shape index (κ2) is 7.87. The van der Waals surface area contributed by atoms with Gasteiger partial charge in [-0.1, -0.05) is 66.7 Å². The standard InChI is InChI=1S/C24H21NO4/c1-16(23(27)18-9-3-2-4-10-18)29-24(28)19-14-22(26)25(15-19)21-13-7-11-17-8-5-6-12-20(17)21/h2-13,16,19H,14-15H2,1H3/t16-,19-/m0/s1. The Morgan fingerprint density at radius 2 is 1.66 bits per heavy atom. The Balaban J connectivity index is 1.47. The van der Waals surface area contributed by atoms with Crippen molar-refractivity contribution in [2.75, 3.05) is 11.4 Å². The van der Waals surface area contributed by atoms with Crippen LogP contribution in [0.15, 0.2) is 72.8 Å². The fraction of sp³-hybridized carbons (Fsp3) is 0.208. The van der Waals surface area contributed by atoms with Crippen molar-refractivity contribution in [3.05, 3.63) is 78.4 Å². The number of rotatable bonds is 5. The van der Waals surface area contributed by atoms with Gasteiger partial charge in [-0.25, -0.2) is 0 Å². The molecule has 5 nitrogen and oxygen atoms in total. The molecule has 0 radical (unpaired) electrons. The summed E-state index contributed by atoms with van der Waals surface area (Å²) in [6, 6.07) is 22.3. The fourth-order valence-corrected chi connectivity index (χ4v) is 3.70. The third kappa shape index (κ3) is 3.76. The quantitative estimate of drug-likeness (QED) is 0.490.